The molecule has 0 aromatic heterocycles. The first-order valence-corrected chi connectivity index (χ1v) is 10.9. The van der Waals surface area contributed by atoms with Crippen LogP contribution in [-0.2, 0) is 9.84 Å². The van der Waals surface area contributed by atoms with Crippen LogP contribution in [0.25, 0.3) is 0 Å². The highest BCUT2D eigenvalue weighted by Gasteiger charge is 2.46. The SMILES string of the molecule is CCNC(C1CCCC(S(C)(=O)=O)C1)C1CC2CCC1C2. The Morgan fingerprint density at radius 3 is 2.48 bits per heavy atom. The van der Waals surface area contributed by atoms with Gasteiger partial charge in [0.1, 0.15) is 9.84 Å². The fourth-order valence-electron chi connectivity index (χ4n) is 5.53. The number of hydrogen-bond donors (Lipinski definition) is 1. The number of hydrogen-bond acceptors (Lipinski definition) is 3. The third kappa shape index (κ3) is 3.31. The van der Waals surface area contributed by atoms with Gasteiger partial charge in [-0.25, -0.2) is 8.42 Å². The van der Waals surface area contributed by atoms with Crippen LogP contribution in [0.5, 0.6) is 0 Å². The van der Waals surface area contributed by atoms with Gasteiger partial charge >= 0.3 is 0 Å². The van der Waals surface area contributed by atoms with Crippen molar-refractivity contribution in [2.45, 2.75) is 69.6 Å². The van der Waals surface area contributed by atoms with Crippen LogP contribution in [0, 0.1) is 23.7 Å². The lowest BCUT2D eigenvalue weighted by Crippen LogP contribution is -2.47. The van der Waals surface area contributed by atoms with Crippen LogP contribution in [0.2, 0.25) is 0 Å². The van der Waals surface area contributed by atoms with Gasteiger partial charge in [0, 0.05) is 12.3 Å². The Morgan fingerprint density at radius 1 is 1.10 bits per heavy atom. The quantitative estimate of drug-likeness (QED) is 0.848. The van der Waals surface area contributed by atoms with Gasteiger partial charge in [0.15, 0.2) is 0 Å². The van der Waals surface area contributed by atoms with Crippen LogP contribution in [-0.4, -0.2) is 32.5 Å². The highest BCUT2D eigenvalue weighted by molar-refractivity contribution is 7.91. The summed E-state index contributed by atoms with van der Waals surface area (Å²) in [5.74, 6) is 3.27. The fraction of sp³-hybridized carbons (Fsp3) is 1.00. The van der Waals surface area contributed by atoms with Gasteiger partial charge in [0.25, 0.3) is 0 Å². The van der Waals surface area contributed by atoms with E-state index in [0.29, 0.717) is 12.0 Å². The molecule has 3 aliphatic rings. The molecule has 1 N–H and O–H groups in total. The Balaban J connectivity index is 1.71. The maximum Gasteiger partial charge on any atom is 0.150 e. The predicted octanol–water partition coefficient (Wildman–Crippen LogP) is 3.00. The zero-order valence-electron chi connectivity index (χ0n) is 13.6. The topological polar surface area (TPSA) is 46.2 Å². The summed E-state index contributed by atoms with van der Waals surface area (Å²) < 4.78 is 23.9. The number of sulfone groups is 1. The fourth-order valence-corrected chi connectivity index (χ4v) is 6.72. The molecule has 21 heavy (non-hydrogen) atoms. The molecule has 6 unspecified atom stereocenters. The van der Waals surface area contributed by atoms with Crippen molar-refractivity contribution in [3.8, 4) is 0 Å². The average Bonchev–Trinajstić information content (AvgIpc) is 3.06. The van der Waals surface area contributed by atoms with Crippen LogP contribution >= 0.6 is 0 Å². The van der Waals surface area contributed by atoms with Crippen LogP contribution in [0.3, 0.4) is 0 Å². The van der Waals surface area contributed by atoms with E-state index in [-0.39, 0.29) is 5.25 Å². The molecule has 3 fully saturated rings. The third-order valence-electron chi connectivity index (χ3n) is 6.47. The Labute approximate surface area is 130 Å². The van der Waals surface area contributed by atoms with Gasteiger partial charge in [-0.15, -0.1) is 0 Å². The van der Waals surface area contributed by atoms with Crippen LogP contribution in [0.4, 0.5) is 0 Å². The van der Waals surface area contributed by atoms with E-state index in [1.54, 1.807) is 0 Å². The molecule has 4 heteroatoms. The molecule has 0 spiro atoms. The van der Waals surface area contributed by atoms with Crippen molar-refractivity contribution in [2.24, 2.45) is 23.7 Å². The summed E-state index contributed by atoms with van der Waals surface area (Å²) in [6.07, 6.45) is 11.2. The first-order valence-electron chi connectivity index (χ1n) is 8.91. The Bertz CT molecular complexity index is 461. The van der Waals surface area contributed by atoms with Gasteiger partial charge in [-0.05, 0) is 68.7 Å². The first kappa shape index (κ1) is 15.8. The zero-order chi connectivity index (χ0) is 15.0. The van der Waals surface area contributed by atoms with E-state index in [1.165, 1.54) is 38.4 Å². The Hall–Kier alpha value is -0.0900. The molecule has 3 nitrogen and oxygen atoms in total. The minimum Gasteiger partial charge on any atom is -0.314 e. The summed E-state index contributed by atoms with van der Waals surface area (Å²) in [6.45, 7) is 3.20. The molecular weight excluding hydrogens is 282 g/mol. The second-order valence-electron chi connectivity index (χ2n) is 7.80. The van der Waals surface area contributed by atoms with E-state index < -0.39 is 9.84 Å². The summed E-state index contributed by atoms with van der Waals surface area (Å²) in [4.78, 5) is 0. The van der Waals surface area contributed by atoms with Crippen molar-refractivity contribution in [2.75, 3.05) is 12.8 Å². The largest absolute Gasteiger partial charge is 0.314 e. The molecule has 2 bridgehead atoms. The van der Waals surface area contributed by atoms with Gasteiger partial charge < -0.3 is 5.32 Å². The molecule has 0 saturated heterocycles. The summed E-state index contributed by atoms with van der Waals surface area (Å²) in [6, 6.07) is 0.565. The van der Waals surface area contributed by atoms with E-state index in [4.69, 9.17) is 0 Å². The second-order valence-corrected chi connectivity index (χ2v) is 10.1. The van der Waals surface area contributed by atoms with Crippen molar-refractivity contribution in [3.05, 3.63) is 0 Å². The standard InChI is InChI=1S/C17H31NO2S/c1-3-18-17(16-10-12-7-8-13(16)9-12)14-5-4-6-15(11-14)21(2,19)20/h12-18H,3-11H2,1-2H3. The highest BCUT2D eigenvalue weighted by Crippen LogP contribution is 2.51. The van der Waals surface area contributed by atoms with E-state index in [1.807, 2.05) is 0 Å². The summed E-state index contributed by atoms with van der Waals surface area (Å²) in [7, 11) is -2.87. The first-order chi connectivity index (χ1) is 9.99. The molecular formula is C17H31NO2S. The summed E-state index contributed by atoms with van der Waals surface area (Å²) in [5.41, 5.74) is 0. The summed E-state index contributed by atoms with van der Waals surface area (Å²) in [5, 5.41) is 3.67. The predicted molar refractivity (Wildman–Crippen MR) is 87.0 cm³/mol. The lowest BCUT2D eigenvalue weighted by atomic mass is 9.73. The van der Waals surface area contributed by atoms with Gasteiger partial charge in [-0.1, -0.05) is 19.8 Å². The van der Waals surface area contributed by atoms with Crippen LogP contribution < -0.4 is 5.32 Å². The van der Waals surface area contributed by atoms with Crippen LogP contribution in [0.1, 0.15) is 58.3 Å². The van der Waals surface area contributed by atoms with Gasteiger partial charge in [-0.2, -0.15) is 0 Å². The minimum atomic E-state index is -2.87. The van der Waals surface area contributed by atoms with Crippen molar-refractivity contribution >= 4 is 9.84 Å². The smallest absolute Gasteiger partial charge is 0.150 e. The zero-order valence-corrected chi connectivity index (χ0v) is 14.4. The van der Waals surface area contributed by atoms with E-state index in [0.717, 1.165) is 43.6 Å². The molecule has 0 amide bonds. The van der Waals surface area contributed by atoms with Crippen molar-refractivity contribution < 1.29 is 8.42 Å². The number of rotatable bonds is 5. The second kappa shape index (κ2) is 6.19. The number of fused-ring (bicyclic) bond motifs is 2. The summed E-state index contributed by atoms with van der Waals surface area (Å²) >= 11 is 0. The third-order valence-corrected chi connectivity index (χ3v) is 8.11. The minimum absolute atomic E-state index is 0.0870. The molecule has 0 aliphatic heterocycles. The maximum absolute atomic E-state index is 11.9. The monoisotopic (exact) mass is 313 g/mol. The van der Waals surface area contributed by atoms with Crippen LogP contribution in [0.15, 0.2) is 0 Å². The van der Waals surface area contributed by atoms with E-state index in [9.17, 15) is 8.42 Å². The van der Waals surface area contributed by atoms with Gasteiger partial charge in [0.2, 0.25) is 0 Å². The lowest BCUT2D eigenvalue weighted by molar-refractivity contribution is 0.163. The van der Waals surface area contributed by atoms with Crippen molar-refractivity contribution in [1.29, 1.82) is 0 Å². The molecule has 3 aliphatic carbocycles. The van der Waals surface area contributed by atoms with Crippen molar-refractivity contribution in [1.82, 2.24) is 5.32 Å². The molecule has 6 atom stereocenters. The number of nitrogens with one attached hydrogen (secondary N) is 1. The molecule has 3 saturated carbocycles. The molecule has 0 heterocycles. The molecule has 0 radical (unpaired) electrons. The Kier molecular flexibility index (Phi) is 4.66. The highest BCUT2D eigenvalue weighted by atomic mass is 32.2. The van der Waals surface area contributed by atoms with Gasteiger partial charge in [-0.3, -0.25) is 0 Å². The maximum atomic E-state index is 11.9. The molecule has 122 valence electrons. The van der Waals surface area contributed by atoms with E-state index >= 15 is 0 Å². The lowest BCUT2D eigenvalue weighted by Gasteiger charge is -2.40. The average molecular weight is 314 g/mol. The normalized spacial score (nSPS) is 41.3. The molecule has 3 rings (SSSR count). The Morgan fingerprint density at radius 2 is 1.90 bits per heavy atom. The van der Waals surface area contributed by atoms with E-state index in [2.05, 4.69) is 12.2 Å². The van der Waals surface area contributed by atoms with Crippen molar-refractivity contribution in [3.63, 3.8) is 0 Å². The molecule has 0 aromatic rings. The molecule has 0 aromatic carbocycles. The van der Waals surface area contributed by atoms with Gasteiger partial charge in [0.05, 0.1) is 5.25 Å².